The minimum Gasteiger partial charge on any atom is -0.497 e. The summed E-state index contributed by atoms with van der Waals surface area (Å²) in [6, 6.07) is 49.5. The summed E-state index contributed by atoms with van der Waals surface area (Å²) in [5.74, 6) is -6.17. The Kier molecular flexibility index (Phi) is 15.9. The molecule has 1 aliphatic heterocycles. The Hall–Kier alpha value is -8.28. The predicted molar refractivity (Wildman–Crippen MR) is 302 cm³/mol. The molecule has 3 N–H and O–H groups in total. The van der Waals surface area contributed by atoms with Crippen molar-refractivity contribution in [1.29, 1.82) is 0 Å². The molecule has 1 heterocycles. The van der Waals surface area contributed by atoms with E-state index in [0.717, 1.165) is 6.92 Å². The van der Waals surface area contributed by atoms with Crippen LogP contribution in [0.5, 0.6) is 5.75 Å². The monoisotopic (exact) mass is 1130 g/mol. The number of benzene rings is 6. The summed E-state index contributed by atoms with van der Waals surface area (Å²) in [7, 11) is 1.55. The highest BCUT2D eigenvalue weighted by Crippen LogP contribution is 2.64. The summed E-state index contributed by atoms with van der Waals surface area (Å²) in [5, 5.41) is 29.9. The van der Waals surface area contributed by atoms with E-state index in [4.69, 9.17) is 33.2 Å². The van der Waals surface area contributed by atoms with Gasteiger partial charge in [-0.25, -0.2) is 9.59 Å². The van der Waals surface area contributed by atoms with Crippen molar-refractivity contribution in [2.45, 2.75) is 114 Å². The van der Waals surface area contributed by atoms with Gasteiger partial charge >= 0.3 is 23.9 Å². The number of Topliss-reactive ketones (excluding diaryl/α,β-unsaturated/α-hetero) is 1. The lowest BCUT2D eigenvalue weighted by atomic mass is 9.44. The summed E-state index contributed by atoms with van der Waals surface area (Å²) in [6.07, 6.45) is -10.6. The lowest BCUT2D eigenvalue weighted by molar-refractivity contribution is -0.346. The van der Waals surface area contributed by atoms with E-state index < -0.39 is 118 Å². The van der Waals surface area contributed by atoms with Crippen LogP contribution in [0.4, 0.5) is 0 Å². The molecule has 83 heavy (non-hydrogen) atoms. The third-order valence-corrected chi connectivity index (χ3v) is 17.6. The number of ketones is 1. The first-order valence-corrected chi connectivity index (χ1v) is 27.7. The second-order valence-corrected chi connectivity index (χ2v) is 22.6. The summed E-state index contributed by atoms with van der Waals surface area (Å²) in [4.78, 5) is 89.0. The number of aliphatic hydroxyl groups excluding tert-OH is 1. The normalized spacial score (nSPS) is 26.8. The van der Waals surface area contributed by atoms with Crippen LogP contribution in [0.25, 0.3) is 0 Å². The fourth-order valence-corrected chi connectivity index (χ4v) is 13.4. The molecule has 2 saturated carbocycles. The first-order chi connectivity index (χ1) is 39.7. The number of fused-ring (bicyclic) bond motifs is 5. The van der Waals surface area contributed by atoms with Gasteiger partial charge in [0.05, 0.1) is 42.8 Å². The van der Waals surface area contributed by atoms with Gasteiger partial charge in [-0.1, -0.05) is 153 Å². The van der Waals surface area contributed by atoms with Gasteiger partial charge < -0.3 is 48.7 Å². The summed E-state index contributed by atoms with van der Waals surface area (Å²) >= 11 is 0. The van der Waals surface area contributed by atoms with Crippen molar-refractivity contribution in [2.75, 3.05) is 13.7 Å². The van der Waals surface area contributed by atoms with E-state index in [0.29, 0.717) is 28.0 Å². The van der Waals surface area contributed by atoms with Crippen LogP contribution < -0.4 is 10.1 Å². The van der Waals surface area contributed by atoms with Crippen LogP contribution in [-0.4, -0.2) is 107 Å². The Balaban J connectivity index is 1.21. The predicted octanol–water partition coefficient (Wildman–Crippen LogP) is 8.76. The van der Waals surface area contributed by atoms with Crippen LogP contribution in [0.15, 0.2) is 187 Å². The molecule has 4 aliphatic rings. The number of methoxy groups -OCH3 is 1. The third-order valence-electron chi connectivity index (χ3n) is 17.6. The number of ether oxygens (including phenoxy) is 7. The first-order valence-electron chi connectivity index (χ1n) is 27.7. The minimum atomic E-state index is -2.47. The molecule has 1 amide bonds. The summed E-state index contributed by atoms with van der Waals surface area (Å²) in [5.41, 5.74) is -7.16. The van der Waals surface area contributed by atoms with Gasteiger partial charge in [-0.3, -0.25) is 19.2 Å². The Morgan fingerprint density at radius 3 is 1.73 bits per heavy atom. The smallest absolute Gasteiger partial charge is 0.338 e. The van der Waals surface area contributed by atoms with E-state index in [2.05, 4.69) is 5.32 Å². The van der Waals surface area contributed by atoms with Gasteiger partial charge in [-0.2, -0.15) is 0 Å². The third kappa shape index (κ3) is 10.1. The van der Waals surface area contributed by atoms with Gasteiger partial charge in [0, 0.05) is 37.7 Å². The lowest BCUT2D eigenvalue weighted by Crippen LogP contribution is -2.82. The zero-order valence-electron chi connectivity index (χ0n) is 47.2. The molecule has 7 unspecified atom stereocenters. The van der Waals surface area contributed by atoms with E-state index in [1.165, 1.54) is 26.0 Å². The molecule has 0 spiro atoms. The van der Waals surface area contributed by atoms with Crippen LogP contribution >= 0.6 is 0 Å². The molecular formula is C67H67NO15. The number of hydrogen-bond donors (Lipinski definition) is 3. The molecule has 3 fully saturated rings. The van der Waals surface area contributed by atoms with Crippen molar-refractivity contribution in [1.82, 2.24) is 5.32 Å². The molecule has 1 saturated heterocycles. The minimum absolute atomic E-state index is 0.000938. The number of amides is 1. The fraction of sp³-hybridized carbons (Fsp3) is 0.343. The van der Waals surface area contributed by atoms with Crippen molar-refractivity contribution in [3.05, 3.63) is 220 Å². The number of nitrogens with one attached hydrogen (secondary N) is 1. The Morgan fingerprint density at radius 1 is 0.687 bits per heavy atom. The number of carbonyl (C=O) groups is 6. The van der Waals surface area contributed by atoms with Crippen molar-refractivity contribution >= 4 is 35.6 Å². The van der Waals surface area contributed by atoms with Gasteiger partial charge in [-0.15, -0.1) is 0 Å². The molecule has 6 aromatic carbocycles. The Bertz CT molecular complexity index is 3370. The molecule has 16 nitrogen and oxygen atoms in total. The molecule has 11 atom stereocenters. The Labute approximate surface area is 481 Å². The molecule has 3 aliphatic carbocycles. The van der Waals surface area contributed by atoms with E-state index in [1.54, 1.807) is 119 Å². The van der Waals surface area contributed by atoms with Gasteiger partial charge in [0.2, 0.25) is 0 Å². The van der Waals surface area contributed by atoms with Crippen LogP contribution in [0.3, 0.4) is 0 Å². The molecular weight excluding hydrogens is 1060 g/mol. The maximum absolute atomic E-state index is 16.5. The van der Waals surface area contributed by atoms with Gasteiger partial charge in [-0.05, 0) is 83.6 Å². The average molecular weight is 1130 g/mol. The van der Waals surface area contributed by atoms with Crippen LogP contribution in [0.1, 0.15) is 103 Å². The van der Waals surface area contributed by atoms with Gasteiger partial charge in [0.15, 0.2) is 23.6 Å². The molecule has 2 bridgehead atoms. The number of hydrogen-bond acceptors (Lipinski definition) is 15. The SMILES string of the molecule is COc1ccc(C(OC(C(=O)OC2C[C@@]3(O)C(OC(=O)c4ccccc4)C4C5(OC(C)=O)COC5C[C@H](O)[C@@]4(C)C(=O)[C@H](OC(C)=O)C(=C2C)C3(C)C)C(NC(=O)c2ccccc2)c2ccccc2)(c2ccccc2)c2ccccc2)cc1. The van der Waals surface area contributed by atoms with Crippen molar-refractivity contribution in [2.24, 2.45) is 16.7 Å². The highest BCUT2D eigenvalue weighted by atomic mass is 16.6. The van der Waals surface area contributed by atoms with Crippen molar-refractivity contribution < 1.29 is 72.1 Å². The van der Waals surface area contributed by atoms with E-state index in [1.807, 2.05) is 72.8 Å². The Morgan fingerprint density at radius 2 is 1.22 bits per heavy atom. The van der Waals surface area contributed by atoms with Crippen LogP contribution in [0, 0.1) is 16.7 Å². The molecule has 10 rings (SSSR count). The first kappa shape index (κ1) is 57.9. The molecule has 430 valence electrons. The maximum atomic E-state index is 16.5. The second-order valence-electron chi connectivity index (χ2n) is 22.6. The van der Waals surface area contributed by atoms with Crippen molar-refractivity contribution in [3.63, 3.8) is 0 Å². The van der Waals surface area contributed by atoms with Gasteiger partial charge in [0.25, 0.3) is 5.91 Å². The molecule has 0 aromatic heterocycles. The maximum Gasteiger partial charge on any atom is 0.338 e. The quantitative estimate of drug-likeness (QED) is 0.0357. The molecule has 0 radical (unpaired) electrons. The lowest BCUT2D eigenvalue weighted by Gasteiger charge is -2.67. The van der Waals surface area contributed by atoms with E-state index in [9.17, 15) is 29.4 Å². The highest BCUT2D eigenvalue weighted by Gasteiger charge is 2.78. The number of esters is 4. The fourth-order valence-electron chi connectivity index (χ4n) is 13.4. The number of aliphatic hydroxyl groups is 2. The van der Waals surface area contributed by atoms with E-state index >= 15 is 9.59 Å². The second kappa shape index (κ2) is 22.8. The summed E-state index contributed by atoms with van der Waals surface area (Å²) < 4.78 is 45.2. The zero-order chi connectivity index (χ0) is 59.1. The van der Waals surface area contributed by atoms with Crippen LogP contribution in [-0.2, 0) is 53.2 Å². The molecule has 6 aromatic rings. The molecule has 16 heteroatoms. The largest absolute Gasteiger partial charge is 0.497 e. The number of rotatable bonds is 16. The topological polar surface area (TPSA) is 220 Å². The average Bonchev–Trinajstić information content (AvgIpc) is 0.953. The summed E-state index contributed by atoms with van der Waals surface area (Å²) in [6.45, 7) is 8.18. The standard InChI is InChI=1S/C67H67NO15/c1-40-50(38-66(76)59(81-61(74)45-27-17-10-18-28-45)57-64(6,51(71)37-52-65(57,39-78-52)82-42(3)70)58(72)55(79-41(2)69)53(40)63(66,4)5)80-62(75)56(54(43-23-13-8-14-24-43)68-60(73)44-25-15-9-16-26-44)83-67(46-29-19-11-20-30-46,47-31-21-12-22-32-47)48-33-35-49(77-7)36-34-48/h8-36,50-52,54-57,59,71,76H,37-39H2,1-7H3,(H,68,73)/t50?,51-,52?,54?,55+,56?,57?,59?,64+,65?,66+/m0/s1. The highest BCUT2D eigenvalue weighted by molar-refractivity contribution is 5.96. The van der Waals surface area contributed by atoms with Crippen LogP contribution in [0.2, 0.25) is 0 Å². The van der Waals surface area contributed by atoms with Crippen molar-refractivity contribution in [3.8, 4) is 5.75 Å². The van der Waals surface area contributed by atoms with Gasteiger partial charge in [0.1, 0.15) is 35.3 Å². The zero-order valence-corrected chi connectivity index (χ0v) is 47.2. The van der Waals surface area contributed by atoms with E-state index in [-0.39, 0.29) is 35.3 Å². The number of carbonyl (C=O) groups excluding carboxylic acids is 6.